The van der Waals surface area contributed by atoms with Crippen molar-refractivity contribution >= 4 is 0 Å². The first-order valence-electron chi connectivity index (χ1n) is 5.14. The van der Waals surface area contributed by atoms with Crippen molar-refractivity contribution in [2.45, 2.75) is 26.1 Å². The third-order valence-electron chi connectivity index (χ3n) is 2.05. The van der Waals surface area contributed by atoms with Crippen LogP contribution in [0.15, 0.2) is 17.4 Å². The zero-order chi connectivity index (χ0) is 13.6. The molecule has 0 radical (unpaired) electrons. The van der Waals surface area contributed by atoms with E-state index >= 15 is 0 Å². The Morgan fingerprint density at radius 3 is 2.78 bits per heavy atom. The van der Waals surface area contributed by atoms with Crippen LogP contribution in [0, 0.1) is 0 Å². The van der Waals surface area contributed by atoms with Gasteiger partial charge in [0.15, 0.2) is 6.61 Å². The first kappa shape index (κ1) is 14.1. The van der Waals surface area contributed by atoms with Crippen LogP contribution in [0.25, 0.3) is 10.4 Å². The molecule has 0 aliphatic rings. The minimum atomic E-state index is -4.39. The average Bonchev–Trinajstić information content (AvgIpc) is 2.33. The molecule has 0 fully saturated rings. The van der Waals surface area contributed by atoms with Crippen LogP contribution in [0.2, 0.25) is 0 Å². The summed E-state index contributed by atoms with van der Waals surface area (Å²) in [5.74, 6) is -0.0421. The maximum Gasteiger partial charge on any atom is 0.422 e. The van der Waals surface area contributed by atoms with Crippen molar-refractivity contribution in [2.24, 2.45) is 5.11 Å². The van der Waals surface area contributed by atoms with Crippen LogP contribution in [0.5, 0.6) is 5.88 Å². The minimum Gasteiger partial charge on any atom is -0.468 e. The number of alkyl halides is 3. The standard InChI is InChI=1S/C10H11F3N4O/c1-2-8-3-7(5-16-17-14)4-15-9(8)18-6-10(11,12)13/h3-4H,2,5-6H2,1H3. The van der Waals surface area contributed by atoms with E-state index in [-0.39, 0.29) is 12.4 Å². The third kappa shape index (κ3) is 4.50. The zero-order valence-electron chi connectivity index (χ0n) is 9.61. The molecule has 0 spiro atoms. The maximum atomic E-state index is 12.0. The van der Waals surface area contributed by atoms with E-state index in [1.54, 1.807) is 13.0 Å². The van der Waals surface area contributed by atoms with Crippen molar-refractivity contribution in [1.29, 1.82) is 0 Å². The van der Waals surface area contributed by atoms with Crippen molar-refractivity contribution < 1.29 is 17.9 Å². The van der Waals surface area contributed by atoms with Gasteiger partial charge in [0.1, 0.15) is 0 Å². The molecular weight excluding hydrogens is 249 g/mol. The highest BCUT2D eigenvalue weighted by Crippen LogP contribution is 2.21. The van der Waals surface area contributed by atoms with Crippen LogP contribution in [0.1, 0.15) is 18.1 Å². The SMILES string of the molecule is CCc1cc(CN=[N+]=[N-])cnc1OCC(F)(F)F. The van der Waals surface area contributed by atoms with E-state index in [0.717, 1.165) is 0 Å². The number of rotatable bonds is 5. The van der Waals surface area contributed by atoms with Gasteiger partial charge in [-0.2, -0.15) is 13.2 Å². The molecule has 0 N–H and O–H groups in total. The first-order chi connectivity index (χ1) is 8.46. The van der Waals surface area contributed by atoms with Crippen LogP contribution in [0.4, 0.5) is 13.2 Å². The molecule has 0 aromatic carbocycles. The van der Waals surface area contributed by atoms with E-state index in [1.807, 2.05) is 0 Å². The summed E-state index contributed by atoms with van der Waals surface area (Å²) in [5.41, 5.74) is 9.35. The Hall–Kier alpha value is -1.95. The molecule has 0 aliphatic carbocycles. The Bertz CT molecular complexity index is 455. The van der Waals surface area contributed by atoms with Gasteiger partial charge in [0.2, 0.25) is 5.88 Å². The Morgan fingerprint density at radius 1 is 1.50 bits per heavy atom. The molecular formula is C10H11F3N4O. The topological polar surface area (TPSA) is 70.9 Å². The van der Waals surface area contributed by atoms with Gasteiger partial charge in [-0.1, -0.05) is 12.0 Å². The Balaban J connectivity index is 2.83. The summed E-state index contributed by atoms with van der Waals surface area (Å²) in [6.07, 6.45) is -2.58. The van der Waals surface area contributed by atoms with Crippen molar-refractivity contribution in [3.8, 4) is 5.88 Å². The fraction of sp³-hybridized carbons (Fsp3) is 0.500. The largest absolute Gasteiger partial charge is 0.468 e. The van der Waals surface area contributed by atoms with E-state index in [2.05, 4.69) is 19.7 Å². The van der Waals surface area contributed by atoms with Gasteiger partial charge in [-0.3, -0.25) is 0 Å². The van der Waals surface area contributed by atoms with E-state index in [4.69, 9.17) is 5.53 Å². The number of hydrogen-bond acceptors (Lipinski definition) is 3. The maximum absolute atomic E-state index is 12.0. The summed E-state index contributed by atoms with van der Waals surface area (Å²) >= 11 is 0. The van der Waals surface area contributed by atoms with Gasteiger partial charge in [-0.05, 0) is 23.6 Å². The second-order valence-corrected chi connectivity index (χ2v) is 3.45. The number of halogens is 3. The molecule has 1 rings (SSSR count). The Kier molecular flexibility index (Phi) is 4.79. The molecule has 0 atom stereocenters. The number of hydrogen-bond donors (Lipinski definition) is 0. The molecule has 1 heterocycles. The van der Waals surface area contributed by atoms with Crippen LogP contribution < -0.4 is 4.74 Å². The number of nitrogens with zero attached hydrogens (tertiary/aromatic N) is 4. The summed E-state index contributed by atoms with van der Waals surface area (Å²) in [6.45, 7) is 0.507. The van der Waals surface area contributed by atoms with Crippen molar-refractivity contribution in [1.82, 2.24) is 4.98 Å². The van der Waals surface area contributed by atoms with Crippen molar-refractivity contribution in [3.05, 3.63) is 33.8 Å². The lowest BCUT2D eigenvalue weighted by molar-refractivity contribution is -0.154. The van der Waals surface area contributed by atoms with Crippen LogP contribution in [-0.4, -0.2) is 17.8 Å². The fourth-order valence-electron chi connectivity index (χ4n) is 1.28. The van der Waals surface area contributed by atoms with E-state index < -0.39 is 12.8 Å². The number of aromatic nitrogens is 1. The molecule has 0 amide bonds. The molecule has 18 heavy (non-hydrogen) atoms. The predicted molar refractivity (Wildman–Crippen MR) is 58.0 cm³/mol. The van der Waals surface area contributed by atoms with E-state index in [0.29, 0.717) is 17.5 Å². The van der Waals surface area contributed by atoms with E-state index in [1.165, 1.54) is 6.20 Å². The highest BCUT2D eigenvalue weighted by molar-refractivity contribution is 5.30. The quantitative estimate of drug-likeness (QED) is 0.462. The lowest BCUT2D eigenvalue weighted by Crippen LogP contribution is -2.20. The zero-order valence-corrected chi connectivity index (χ0v) is 9.61. The molecule has 0 aliphatic heterocycles. The highest BCUT2D eigenvalue weighted by atomic mass is 19.4. The molecule has 98 valence electrons. The molecule has 8 heteroatoms. The molecule has 1 aromatic heterocycles. The second-order valence-electron chi connectivity index (χ2n) is 3.45. The van der Waals surface area contributed by atoms with Gasteiger partial charge in [0.05, 0.1) is 6.54 Å². The van der Waals surface area contributed by atoms with Gasteiger partial charge in [-0.25, -0.2) is 4.98 Å². The van der Waals surface area contributed by atoms with Crippen LogP contribution in [-0.2, 0) is 13.0 Å². The van der Waals surface area contributed by atoms with E-state index in [9.17, 15) is 13.2 Å². The summed E-state index contributed by atoms with van der Waals surface area (Å²) in [6, 6.07) is 1.62. The number of azide groups is 1. The summed E-state index contributed by atoms with van der Waals surface area (Å²) in [4.78, 5) is 6.39. The lowest BCUT2D eigenvalue weighted by atomic mass is 10.1. The lowest BCUT2D eigenvalue weighted by Gasteiger charge is -2.11. The molecule has 5 nitrogen and oxygen atoms in total. The fourth-order valence-corrected chi connectivity index (χ4v) is 1.28. The Morgan fingerprint density at radius 2 is 2.22 bits per heavy atom. The average molecular weight is 260 g/mol. The smallest absolute Gasteiger partial charge is 0.422 e. The molecule has 0 bridgehead atoms. The van der Waals surface area contributed by atoms with Gasteiger partial charge in [0.25, 0.3) is 0 Å². The van der Waals surface area contributed by atoms with Crippen LogP contribution in [0.3, 0.4) is 0 Å². The molecule has 0 saturated carbocycles. The first-order valence-corrected chi connectivity index (χ1v) is 5.14. The molecule has 1 aromatic rings. The highest BCUT2D eigenvalue weighted by Gasteiger charge is 2.29. The van der Waals surface area contributed by atoms with Gasteiger partial charge in [-0.15, -0.1) is 0 Å². The summed E-state index contributed by atoms with van der Waals surface area (Å²) in [7, 11) is 0. The van der Waals surface area contributed by atoms with Crippen LogP contribution >= 0.6 is 0 Å². The molecule has 0 unspecified atom stereocenters. The van der Waals surface area contributed by atoms with Crippen molar-refractivity contribution in [3.63, 3.8) is 0 Å². The van der Waals surface area contributed by atoms with Gasteiger partial charge < -0.3 is 4.74 Å². The van der Waals surface area contributed by atoms with Gasteiger partial charge in [0, 0.05) is 16.7 Å². The summed E-state index contributed by atoms with van der Waals surface area (Å²) < 4.78 is 40.7. The number of pyridine rings is 1. The van der Waals surface area contributed by atoms with Gasteiger partial charge >= 0.3 is 6.18 Å². The second kappa shape index (κ2) is 6.11. The number of ether oxygens (including phenoxy) is 1. The number of aryl methyl sites for hydroxylation is 1. The predicted octanol–water partition coefficient (Wildman–Crippen LogP) is 3.40. The normalized spacial score (nSPS) is 10.9. The third-order valence-corrected chi connectivity index (χ3v) is 2.05. The molecule has 0 saturated heterocycles. The van der Waals surface area contributed by atoms with Crippen molar-refractivity contribution in [2.75, 3.05) is 6.61 Å². The monoisotopic (exact) mass is 260 g/mol. The minimum absolute atomic E-state index is 0.0421. The Labute approximate surface area is 101 Å². The summed E-state index contributed by atoms with van der Waals surface area (Å²) in [5, 5.41) is 3.35.